The summed E-state index contributed by atoms with van der Waals surface area (Å²) in [6.45, 7) is 7.83. The van der Waals surface area contributed by atoms with E-state index in [-0.39, 0.29) is 12.0 Å². The van der Waals surface area contributed by atoms with Gasteiger partial charge < -0.3 is 19.9 Å². The Morgan fingerprint density at radius 3 is 2.88 bits per heavy atom. The Bertz CT molecular complexity index is 709. The molecule has 0 radical (unpaired) electrons. The predicted octanol–water partition coefficient (Wildman–Crippen LogP) is 1.03. The number of nitrogens with one attached hydrogen (secondary N) is 2. The maximum absolute atomic E-state index is 11.0. The Balaban J connectivity index is 1.70. The Morgan fingerprint density at radius 1 is 1.42 bits per heavy atom. The van der Waals surface area contributed by atoms with Crippen LogP contribution in [0.4, 0.5) is 5.95 Å². The van der Waals surface area contributed by atoms with E-state index in [1.54, 1.807) is 6.20 Å². The van der Waals surface area contributed by atoms with Crippen molar-refractivity contribution in [3.63, 3.8) is 0 Å². The van der Waals surface area contributed by atoms with Crippen molar-refractivity contribution in [3.8, 4) is 0 Å². The summed E-state index contributed by atoms with van der Waals surface area (Å²) < 4.78 is 5.84. The van der Waals surface area contributed by atoms with Crippen LogP contribution >= 0.6 is 0 Å². The Hall–Kier alpha value is -2.48. The first kappa shape index (κ1) is 16.4. The Kier molecular flexibility index (Phi) is 4.75. The van der Waals surface area contributed by atoms with E-state index in [0.29, 0.717) is 19.7 Å². The highest BCUT2D eigenvalue weighted by Gasteiger charge is 2.26. The highest BCUT2D eigenvalue weighted by atomic mass is 16.5. The summed E-state index contributed by atoms with van der Waals surface area (Å²) in [5.74, 6) is 1.41. The van der Waals surface area contributed by atoms with Crippen LogP contribution < -0.4 is 10.2 Å². The number of rotatable bonds is 4. The topological polar surface area (TPSA) is 96.0 Å². The minimum absolute atomic E-state index is 0.0711. The zero-order valence-corrected chi connectivity index (χ0v) is 14.2. The van der Waals surface area contributed by atoms with Crippen molar-refractivity contribution in [2.75, 3.05) is 24.6 Å². The number of nitrogens with zero attached hydrogens (tertiary/aromatic N) is 4. The van der Waals surface area contributed by atoms with Gasteiger partial charge in [-0.25, -0.2) is 15.0 Å². The first-order chi connectivity index (χ1) is 11.5. The van der Waals surface area contributed by atoms with Gasteiger partial charge in [-0.2, -0.15) is 0 Å². The van der Waals surface area contributed by atoms with Crippen LogP contribution in [-0.4, -0.2) is 45.5 Å². The van der Waals surface area contributed by atoms with E-state index in [0.717, 1.165) is 35.4 Å². The number of aromatic amines is 1. The first-order valence-corrected chi connectivity index (χ1v) is 7.98. The summed E-state index contributed by atoms with van der Waals surface area (Å²) in [6.07, 6.45) is 1.55. The number of amides is 1. The molecular weight excluding hydrogens is 308 g/mol. The van der Waals surface area contributed by atoms with Crippen LogP contribution in [0.5, 0.6) is 0 Å². The molecule has 0 aromatic carbocycles. The van der Waals surface area contributed by atoms with Crippen LogP contribution in [0, 0.1) is 13.8 Å². The molecule has 2 aromatic rings. The lowest BCUT2D eigenvalue weighted by atomic mass is 10.2. The molecule has 1 atom stereocenters. The van der Waals surface area contributed by atoms with Crippen molar-refractivity contribution in [2.24, 2.45) is 0 Å². The van der Waals surface area contributed by atoms with Crippen molar-refractivity contribution < 1.29 is 9.53 Å². The van der Waals surface area contributed by atoms with Crippen molar-refractivity contribution in [3.05, 3.63) is 35.2 Å². The van der Waals surface area contributed by atoms with Gasteiger partial charge in [0.25, 0.3) is 0 Å². The van der Waals surface area contributed by atoms with Crippen LogP contribution in [0.15, 0.2) is 12.3 Å². The molecule has 3 heterocycles. The number of carbonyl (C=O) groups excluding carboxylic acids is 1. The second-order valence-corrected chi connectivity index (χ2v) is 5.96. The van der Waals surface area contributed by atoms with E-state index < -0.39 is 0 Å². The molecular formula is C16H22N6O2. The second kappa shape index (κ2) is 6.96. The van der Waals surface area contributed by atoms with Gasteiger partial charge in [-0.3, -0.25) is 4.79 Å². The number of hydrogen-bond acceptors (Lipinski definition) is 6. The summed E-state index contributed by atoms with van der Waals surface area (Å²) >= 11 is 0. The lowest BCUT2D eigenvalue weighted by Crippen LogP contribution is -2.40. The largest absolute Gasteiger partial charge is 0.367 e. The zero-order valence-electron chi connectivity index (χ0n) is 14.2. The number of anilines is 1. The van der Waals surface area contributed by atoms with Gasteiger partial charge in [0.1, 0.15) is 11.9 Å². The number of H-pyrrole nitrogens is 1. The average Bonchev–Trinajstić information content (AvgIpc) is 3.01. The second-order valence-electron chi connectivity index (χ2n) is 5.96. The van der Waals surface area contributed by atoms with Gasteiger partial charge in [0, 0.05) is 24.9 Å². The van der Waals surface area contributed by atoms with E-state index in [1.807, 2.05) is 19.9 Å². The molecule has 1 aliphatic rings. The van der Waals surface area contributed by atoms with Gasteiger partial charge in [0.15, 0.2) is 0 Å². The lowest BCUT2D eigenvalue weighted by Gasteiger charge is -2.32. The number of aromatic nitrogens is 4. The van der Waals surface area contributed by atoms with Gasteiger partial charge in [0.05, 0.1) is 31.6 Å². The van der Waals surface area contributed by atoms with E-state index in [1.165, 1.54) is 6.92 Å². The standard InChI is InChI=1S/C16H22N6O2/c1-10-6-11(2)20-16(19-10)22-4-5-24-14(9-22)15-18-8-13(21-15)7-17-12(3)23/h6,8,14H,4-5,7,9H2,1-3H3,(H,17,23)(H,18,21)/t14-/m0/s1. The third-order valence-electron chi connectivity index (χ3n) is 3.80. The summed E-state index contributed by atoms with van der Waals surface area (Å²) in [7, 11) is 0. The molecule has 8 nitrogen and oxygen atoms in total. The molecule has 128 valence electrons. The summed E-state index contributed by atoms with van der Waals surface area (Å²) in [4.78, 5) is 29.7. The summed E-state index contributed by atoms with van der Waals surface area (Å²) in [6, 6.07) is 1.96. The fourth-order valence-corrected chi connectivity index (χ4v) is 2.69. The quantitative estimate of drug-likeness (QED) is 0.869. The smallest absolute Gasteiger partial charge is 0.225 e. The van der Waals surface area contributed by atoms with Crippen LogP contribution in [0.3, 0.4) is 0 Å². The molecule has 2 aromatic heterocycles. The van der Waals surface area contributed by atoms with Gasteiger partial charge in [0.2, 0.25) is 11.9 Å². The van der Waals surface area contributed by atoms with Crippen molar-refractivity contribution in [2.45, 2.75) is 33.4 Å². The molecule has 2 N–H and O–H groups in total. The SMILES string of the molecule is CC(=O)NCc1cnc([C@@H]2CN(c3nc(C)cc(C)n3)CCO2)[nH]1. The van der Waals surface area contributed by atoms with Crippen molar-refractivity contribution >= 4 is 11.9 Å². The molecule has 0 unspecified atom stereocenters. The number of carbonyl (C=O) groups is 1. The van der Waals surface area contributed by atoms with Crippen LogP contribution in [0.25, 0.3) is 0 Å². The highest BCUT2D eigenvalue weighted by Crippen LogP contribution is 2.22. The van der Waals surface area contributed by atoms with E-state index >= 15 is 0 Å². The average molecular weight is 330 g/mol. The maximum atomic E-state index is 11.0. The van der Waals surface area contributed by atoms with E-state index in [4.69, 9.17) is 4.74 Å². The Labute approximate surface area is 140 Å². The van der Waals surface area contributed by atoms with Crippen molar-refractivity contribution in [1.82, 2.24) is 25.3 Å². The summed E-state index contributed by atoms with van der Waals surface area (Å²) in [5.41, 5.74) is 2.76. The first-order valence-electron chi connectivity index (χ1n) is 7.98. The fourth-order valence-electron chi connectivity index (χ4n) is 2.69. The molecule has 1 fully saturated rings. The van der Waals surface area contributed by atoms with Gasteiger partial charge in [-0.1, -0.05) is 0 Å². The monoisotopic (exact) mass is 330 g/mol. The number of imidazole rings is 1. The van der Waals surface area contributed by atoms with Gasteiger partial charge in [-0.05, 0) is 19.9 Å². The molecule has 1 saturated heterocycles. The third-order valence-corrected chi connectivity index (χ3v) is 3.80. The lowest BCUT2D eigenvalue weighted by molar-refractivity contribution is -0.119. The summed E-state index contributed by atoms with van der Waals surface area (Å²) in [5, 5.41) is 2.74. The molecule has 8 heteroatoms. The minimum atomic E-state index is -0.172. The number of aryl methyl sites for hydroxylation is 2. The fraction of sp³-hybridized carbons (Fsp3) is 0.500. The normalized spacial score (nSPS) is 17.8. The van der Waals surface area contributed by atoms with Crippen LogP contribution in [-0.2, 0) is 16.1 Å². The maximum Gasteiger partial charge on any atom is 0.225 e. The minimum Gasteiger partial charge on any atom is -0.367 e. The molecule has 0 bridgehead atoms. The number of hydrogen-bond donors (Lipinski definition) is 2. The third kappa shape index (κ3) is 3.88. The molecule has 1 aliphatic heterocycles. The van der Waals surface area contributed by atoms with Crippen molar-refractivity contribution in [1.29, 1.82) is 0 Å². The van der Waals surface area contributed by atoms with Gasteiger partial charge in [-0.15, -0.1) is 0 Å². The number of ether oxygens (including phenoxy) is 1. The molecule has 24 heavy (non-hydrogen) atoms. The van der Waals surface area contributed by atoms with Gasteiger partial charge >= 0.3 is 0 Å². The van der Waals surface area contributed by atoms with E-state index in [2.05, 4.69) is 30.2 Å². The number of morpholine rings is 1. The highest BCUT2D eigenvalue weighted by molar-refractivity contribution is 5.72. The molecule has 0 aliphatic carbocycles. The Morgan fingerprint density at radius 2 is 2.17 bits per heavy atom. The molecule has 0 saturated carbocycles. The predicted molar refractivity (Wildman–Crippen MR) is 88.5 cm³/mol. The molecule has 0 spiro atoms. The zero-order chi connectivity index (χ0) is 17.1. The van der Waals surface area contributed by atoms with Crippen LogP contribution in [0.1, 0.15) is 35.9 Å². The molecule has 1 amide bonds. The van der Waals surface area contributed by atoms with Crippen LogP contribution in [0.2, 0.25) is 0 Å². The molecule has 3 rings (SSSR count). The van der Waals surface area contributed by atoms with E-state index in [9.17, 15) is 4.79 Å².